The second-order valence-corrected chi connectivity index (χ2v) is 9.19. The molecule has 0 saturated carbocycles. The molecule has 194 valence electrons. The lowest BCUT2D eigenvalue weighted by Gasteiger charge is -2.07. The van der Waals surface area contributed by atoms with Crippen molar-refractivity contribution in [2.24, 2.45) is 0 Å². The smallest absolute Gasteiger partial charge is 0.416 e. The van der Waals surface area contributed by atoms with E-state index in [0.29, 0.717) is 44.2 Å². The molecular weight excluding hydrogens is 509 g/mol. The minimum Gasteiger partial charge on any atom is -0.488 e. The lowest BCUT2D eigenvalue weighted by atomic mass is 10.1. The van der Waals surface area contributed by atoms with Crippen molar-refractivity contribution in [3.8, 4) is 16.3 Å². The zero-order chi connectivity index (χ0) is 26.7. The number of aromatic amines is 1. The van der Waals surface area contributed by atoms with Crippen molar-refractivity contribution in [3.63, 3.8) is 0 Å². The van der Waals surface area contributed by atoms with E-state index in [0.717, 1.165) is 17.0 Å². The number of fused-ring (bicyclic) bond motifs is 1. The quantitative estimate of drug-likeness (QED) is 0.271. The second-order valence-electron chi connectivity index (χ2n) is 8.10. The molecule has 0 aliphatic heterocycles. The summed E-state index contributed by atoms with van der Waals surface area (Å²) in [7, 11) is 0. The van der Waals surface area contributed by atoms with Crippen molar-refractivity contribution >= 4 is 34.2 Å². The number of benzene rings is 2. The number of carbonyl (C=O) groups excluding carboxylic acids is 2. The number of H-pyrrole nitrogens is 1. The number of ether oxygens (including phenoxy) is 3. The number of hydrogen-bond acceptors (Lipinski definition) is 7. The average molecular weight is 533 g/mol. The van der Waals surface area contributed by atoms with E-state index >= 15 is 0 Å². The SMILES string of the molecule is CCOC(=O)COC(=O)c1c(C)[nH]c2ccc(OCc3sc(-c4ccc(C(F)(F)F)cc4)nc3C)cc12. The van der Waals surface area contributed by atoms with Gasteiger partial charge in [0.15, 0.2) is 6.61 Å². The molecule has 0 saturated heterocycles. The van der Waals surface area contributed by atoms with E-state index in [4.69, 9.17) is 14.2 Å². The largest absolute Gasteiger partial charge is 0.488 e. The van der Waals surface area contributed by atoms with Gasteiger partial charge >= 0.3 is 18.1 Å². The average Bonchev–Trinajstić information content (AvgIpc) is 3.39. The minimum atomic E-state index is -4.40. The molecular formula is C26H23F3N2O5S. The Labute approximate surface area is 214 Å². The number of aryl methyl sites for hydroxylation is 2. The maximum atomic E-state index is 12.8. The molecule has 7 nitrogen and oxygen atoms in total. The van der Waals surface area contributed by atoms with Gasteiger partial charge in [-0.05, 0) is 51.1 Å². The van der Waals surface area contributed by atoms with Crippen LogP contribution in [0.4, 0.5) is 13.2 Å². The van der Waals surface area contributed by atoms with Crippen molar-refractivity contribution in [2.45, 2.75) is 33.6 Å². The van der Waals surface area contributed by atoms with Gasteiger partial charge in [-0.25, -0.2) is 14.6 Å². The number of halogens is 3. The lowest BCUT2D eigenvalue weighted by molar-refractivity contribution is -0.146. The highest BCUT2D eigenvalue weighted by Gasteiger charge is 2.30. The van der Waals surface area contributed by atoms with E-state index in [1.54, 1.807) is 39.0 Å². The van der Waals surface area contributed by atoms with Gasteiger partial charge in [-0.1, -0.05) is 12.1 Å². The molecule has 2 aromatic heterocycles. The van der Waals surface area contributed by atoms with Gasteiger partial charge in [-0.15, -0.1) is 11.3 Å². The zero-order valence-electron chi connectivity index (χ0n) is 20.2. The fourth-order valence-corrected chi connectivity index (χ4v) is 4.68. The van der Waals surface area contributed by atoms with Gasteiger partial charge in [-0.3, -0.25) is 0 Å². The summed E-state index contributed by atoms with van der Waals surface area (Å²) < 4.78 is 54.4. The highest BCUT2D eigenvalue weighted by molar-refractivity contribution is 7.15. The molecule has 0 aliphatic rings. The molecule has 37 heavy (non-hydrogen) atoms. The second kappa shape index (κ2) is 10.6. The van der Waals surface area contributed by atoms with Gasteiger partial charge in [0.25, 0.3) is 0 Å². The topological polar surface area (TPSA) is 90.5 Å². The van der Waals surface area contributed by atoms with Crippen LogP contribution in [0.15, 0.2) is 42.5 Å². The molecule has 0 fully saturated rings. The molecule has 11 heteroatoms. The first-order valence-electron chi connectivity index (χ1n) is 11.3. The highest BCUT2D eigenvalue weighted by atomic mass is 32.1. The van der Waals surface area contributed by atoms with Crippen LogP contribution in [-0.2, 0) is 27.1 Å². The van der Waals surface area contributed by atoms with Crippen LogP contribution in [0.2, 0.25) is 0 Å². The van der Waals surface area contributed by atoms with Gasteiger partial charge in [0.2, 0.25) is 0 Å². The van der Waals surface area contributed by atoms with Crippen LogP contribution in [0, 0.1) is 13.8 Å². The Morgan fingerprint density at radius 2 is 1.78 bits per heavy atom. The molecule has 0 aliphatic carbocycles. The molecule has 2 aromatic carbocycles. The van der Waals surface area contributed by atoms with Gasteiger partial charge in [0.05, 0.1) is 28.3 Å². The number of nitrogens with zero attached hydrogens (tertiary/aromatic N) is 1. The van der Waals surface area contributed by atoms with Crippen molar-refractivity contribution in [2.75, 3.05) is 13.2 Å². The van der Waals surface area contributed by atoms with Gasteiger partial charge in [0, 0.05) is 22.2 Å². The number of aromatic nitrogens is 2. The molecule has 0 amide bonds. The first-order valence-corrected chi connectivity index (χ1v) is 12.1. The molecule has 4 aromatic rings. The number of hydrogen-bond donors (Lipinski definition) is 1. The maximum absolute atomic E-state index is 12.8. The lowest BCUT2D eigenvalue weighted by Crippen LogP contribution is -2.16. The molecule has 0 unspecified atom stereocenters. The molecule has 2 heterocycles. The Morgan fingerprint density at radius 3 is 2.46 bits per heavy atom. The zero-order valence-corrected chi connectivity index (χ0v) is 21.0. The van der Waals surface area contributed by atoms with Gasteiger partial charge < -0.3 is 19.2 Å². The maximum Gasteiger partial charge on any atom is 0.416 e. The summed E-state index contributed by atoms with van der Waals surface area (Å²) in [6.45, 7) is 5.08. The molecule has 0 spiro atoms. The summed E-state index contributed by atoms with van der Waals surface area (Å²) in [5.41, 5.74) is 2.16. The molecule has 4 rings (SSSR count). The standard InChI is InChI=1S/C26H23F3N2O5S/c1-4-34-22(32)13-36-25(33)23-15(3)30-20-10-9-18(11-19(20)23)35-12-21-14(2)31-24(37-21)16-5-7-17(8-6-16)26(27,28)29/h5-11,30H,4,12-13H2,1-3H3. The molecule has 0 radical (unpaired) electrons. The predicted octanol–water partition coefficient (Wildman–Crippen LogP) is 6.23. The van der Waals surface area contributed by atoms with Crippen LogP contribution in [-0.4, -0.2) is 35.1 Å². The van der Waals surface area contributed by atoms with Crippen LogP contribution in [0.25, 0.3) is 21.5 Å². The van der Waals surface area contributed by atoms with E-state index in [1.165, 1.54) is 23.5 Å². The Kier molecular flexibility index (Phi) is 7.53. The van der Waals surface area contributed by atoms with Gasteiger partial charge in [0.1, 0.15) is 17.4 Å². The van der Waals surface area contributed by atoms with E-state index < -0.39 is 30.3 Å². The van der Waals surface area contributed by atoms with Gasteiger partial charge in [-0.2, -0.15) is 13.2 Å². The van der Waals surface area contributed by atoms with E-state index in [2.05, 4.69) is 9.97 Å². The first kappa shape index (κ1) is 26.2. The summed E-state index contributed by atoms with van der Waals surface area (Å²) >= 11 is 1.33. The third kappa shape index (κ3) is 5.93. The fourth-order valence-electron chi connectivity index (χ4n) is 3.69. The van der Waals surface area contributed by atoms with Crippen molar-refractivity contribution in [1.29, 1.82) is 0 Å². The Bertz CT molecular complexity index is 1440. The Balaban J connectivity index is 1.49. The number of rotatable bonds is 8. The van der Waals surface area contributed by atoms with Crippen LogP contribution in [0.1, 0.15) is 39.1 Å². The summed E-state index contributed by atoms with van der Waals surface area (Å²) in [6, 6.07) is 10.1. The van der Waals surface area contributed by atoms with Crippen molar-refractivity contribution in [3.05, 3.63) is 69.9 Å². The third-order valence-corrected chi connectivity index (χ3v) is 6.69. The Hall–Kier alpha value is -3.86. The normalized spacial score (nSPS) is 11.5. The van der Waals surface area contributed by atoms with Crippen LogP contribution >= 0.6 is 11.3 Å². The van der Waals surface area contributed by atoms with Crippen molar-refractivity contribution in [1.82, 2.24) is 9.97 Å². The Morgan fingerprint density at radius 1 is 1.05 bits per heavy atom. The number of thiazole rings is 1. The summed E-state index contributed by atoms with van der Waals surface area (Å²) in [4.78, 5) is 32.6. The predicted molar refractivity (Wildman–Crippen MR) is 132 cm³/mol. The highest BCUT2D eigenvalue weighted by Crippen LogP contribution is 2.34. The number of alkyl halides is 3. The van der Waals surface area contributed by atoms with E-state index in [1.807, 2.05) is 0 Å². The van der Waals surface area contributed by atoms with Crippen LogP contribution in [0.5, 0.6) is 5.75 Å². The number of esters is 2. The van der Waals surface area contributed by atoms with Crippen LogP contribution in [0.3, 0.4) is 0 Å². The summed E-state index contributed by atoms with van der Waals surface area (Å²) in [6.07, 6.45) is -4.40. The fraction of sp³-hybridized carbons (Fsp3) is 0.269. The molecule has 1 N–H and O–H groups in total. The van der Waals surface area contributed by atoms with Crippen LogP contribution < -0.4 is 4.74 Å². The summed E-state index contributed by atoms with van der Waals surface area (Å²) in [5.74, 6) is -0.795. The molecule has 0 bridgehead atoms. The van der Waals surface area contributed by atoms with E-state index in [-0.39, 0.29) is 13.2 Å². The minimum absolute atomic E-state index is 0.182. The number of nitrogens with one attached hydrogen (secondary N) is 1. The monoisotopic (exact) mass is 532 g/mol. The first-order chi connectivity index (χ1) is 17.6. The van der Waals surface area contributed by atoms with Crippen molar-refractivity contribution < 1.29 is 37.0 Å². The van der Waals surface area contributed by atoms with E-state index in [9.17, 15) is 22.8 Å². The molecule has 0 atom stereocenters. The summed E-state index contributed by atoms with van der Waals surface area (Å²) in [5, 5.41) is 1.17. The third-order valence-electron chi connectivity index (χ3n) is 5.51. The number of carbonyl (C=O) groups is 2.